The molecule has 3 rings (SSSR count). The summed E-state index contributed by atoms with van der Waals surface area (Å²) in [6, 6.07) is 6.43. The number of amides is 1. The van der Waals surface area contributed by atoms with Crippen molar-refractivity contribution < 1.29 is 18.7 Å². The monoisotopic (exact) mass is 421 g/mol. The Morgan fingerprint density at radius 1 is 1.23 bits per heavy atom. The largest absolute Gasteiger partial charge is 0.497 e. The van der Waals surface area contributed by atoms with E-state index in [9.17, 15) is 9.18 Å². The summed E-state index contributed by atoms with van der Waals surface area (Å²) in [7, 11) is 1.66. The average Bonchev–Trinajstić information content (AvgIpc) is 3.62. The Hall–Kier alpha value is -2.04. The first kappa shape index (κ1) is 26.0. The molecule has 0 saturated heterocycles. The zero-order valence-electron chi connectivity index (χ0n) is 19.5. The lowest BCUT2D eigenvalue weighted by molar-refractivity contribution is -0.133. The van der Waals surface area contributed by atoms with Crippen molar-refractivity contribution in [2.45, 2.75) is 84.8 Å². The zero-order valence-corrected chi connectivity index (χ0v) is 19.5. The van der Waals surface area contributed by atoms with Crippen LogP contribution in [0.15, 0.2) is 30.4 Å². The molecule has 4 nitrogen and oxygen atoms in total. The Balaban J connectivity index is 0.000000487. The number of allylic oxidation sites excluding steroid dienone is 2. The Morgan fingerprint density at radius 2 is 1.97 bits per heavy atom. The zero-order chi connectivity index (χ0) is 22.4. The number of carbonyl (C=O) groups is 1. The highest BCUT2D eigenvalue weighted by molar-refractivity contribution is 5.77. The predicted molar refractivity (Wildman–Crippen MR) is 122 cm³/mol. The number of carbonyl (C=O) groups excluding carboxylic acids is 1. The molecule has 170 valence electrons. The molecule has 1 aliphatic carbocycles. The van der Waals surface area contributed by atoms with E-state index in [4.69, 9.17) is 9.47 Å². The van der Waals surface area contributed by atoms with Crippen molar-refractivity contribution in [2.24, 2.45) is 0 Å². The molecular weight excluding hydrogens is 381 g/mol. The topological polar surface area (TPSA) is 38.8 Å². The van der Waals surface area contributed by atoms with E-state index in [0.29, 0.717) is 12.5 Å². The number of aryl methyl sites for hydroxylation is 1. The normalized spacial score (nSPS) is 16.9. The average molecular weight is 422 g/mol. The molecule has 5 heteroatoms. The smallest absolute Gasteiger partial charge is 0.226 e. The second kappa shape index (κ2) is 14.9. The van der Waals surface area contributed by atoms with E-state index in [1.807, 2.05) is 32.9 Å². The van der Waals surface area contributed by atoms with Gasteiger partial charge in [-0.25, -0.2) is 4.39 Å². The molecule has 0 N–H and O–H groups in total. The van der Waals surface area contributed by atoms with Gasteiger partial charge in [0.15, 0.2) is 0 Å². The SMILES string of the molecule is CC.CC/C=C\CF.CCCN(C(=O)CC1CCc2ccc(OC)cc2O1)C1CC1. The van der Waals surface area contributed by atoms with Crippen LogP contribution in [0.25, 0.3) is 0 Å². The molecule has 1 saturated carbocycles. The van der Waals surface area contributed by atoms with Crippen molar-refractivity contribution in [2.75, 3.05) is 20.3 Å². The van der Waals surface area contributed by atoms with Gasteiger partial charge in [0.05, 0.1) is 13.5 Å². The molecule has 1 aromatic rings. The van der Waals surface area contributed by atoms with Crippen LogP contribution in [0.5, 0.6) is 11.5 Å². The Labute approximate surface area is 182 Å². The number of methoxy groups -OCH3 is 1. The van der Waals surface area contributed by atoms with E-state index in [1.54, 1.807) is 13.2 Å². The summed E-state index contributed by atoms with van der Waals surface area (Å²) >= 11 is 0. The molecule has 1 amide bonds. The van der Waals surface area contributed by atoms with Crippen LogP contribution in [0, 0.1) is 0 Å². The summed E-state index contributed by atoms with van der Waals surface area (Å²) in [5, 5.41) is 0. The number of hydrogen-bond acceptors (Lipinski definition) is 3. The van der Waals surface area contributed by atoms with Gasteiger partial charge in [0.1, 0.15) is 24.3 Å². The molecule has 1 unspecified atom stereocenters. The minimum atomic E-state index is -0.326. The Morgan fingerprint density at radius 3 is 2.50 bits per heavy atom. The Bertz CT molecular complexity index is 637. The number of hydrogen-bond donors (Lipinski definition) is 0. The van der Waals surface area contributed by atoms with E-state index in [1.165, 1.54) is 11.6 Å². The fraction of sp³-hybridized carbons (Fsp3) is 0.640. The highest BCUT2D eigenvalue weighted by Crippen LogP contribution is 2.33. The van der Waals surface area contributed by atoms with Crippen molar-refractivity contribution in [1.82, 2.24) is 4.90 Å². The van der Waals surface area contributed by atoms with Crippen LogP contribution in [0.3, 0.4) is 0 Å². The fourth-order valence-electron chi connectivity index (χ4n) is 3.36. The number of ether oxygens (including phenoxy) is 2. The number of benzene rings is 1. The second-order valence-corrected chi connectivity index (χ2v) is 7.31. The molecule has 30 heavy (non-hydrogen) atoms. The lowest BCUT2D eigenvalue weighted by Gasteiger charge is -2.29. The molecule has 0 spiro atoms. The molecule has 1 fully saturated rings. The maximum absolute atomic E-state index is 12.5. The van der Waals surface area contributed by atoms with Gasteiger partial charge in [0, 0.05) is 18.7 Å². The molecule has 2 aliphatic rings. The third-order valence-corrected chi connectivity index (χ3v) is 4.97. The maximum Gasteiger partial charge on any atom is 0.226 e. The van der Waals surface area contributed by atoms with Crippen molar-refractivity contribution >= 4 is 5.91 Å². The number of nitrogens with zero attached hydrogens (tertiary/aromatic N) is 1. The number of halogens is 1. The van der Waals surface area contributed by atoms with Gasteiger partial charge in [-0.3, -0.25) is 4.79 Å². The minimum absolute atomic E-state index is 0.00906. The summed E-state index contributed by atoms with van der Waals surface area (Å²) in [5.74, 6) is 1.92. The summed E-state index contributed by atoms with van der Waals surface area (Å²) in [6.45, 7) is 8.66. The van der Waals surface area contributed by atoms with Gasteiger partial charge in [0.2, 0.25) is 5.91 Å². The quantitative estimate of drug-likeness (QED) is 0.474. The highest BCUT2D eigenvalue weighted by atomic mass is 19.1. The first-order chi connectivity index (χ1) is 14.6. The molecule has 1 aliphatic heterocycles. The van der Waals surface area contributed by atoms with Crippen molar-refractivity contribution in [1.29, 1.82) is 0 Å². The number of alkyl halides is 1. The van der Waals surface area contributed by atoms with Gasteiger partial charge in [-0.1, -0.05) is 45.9 Å². The van der Waals surface area contributed by atoms with Gasteiger partial charge in [0.25, 0.3) is 0 Å². The van der Waals surface area contributed by atoms with E-state index < -0.39 is 0 Å². The van der Waals surface area contributed by atoms with Gasteiger partial charge in [-0.15, -0.1) is 0 Å². The third-order valence-electron chi connectivity index (χ3n) is 4.97. The standard InChI is InChI=1S/C18H25NO3.C5H9F.C2H6/c1-3-10-19(14-6-7-14)18(20)12-16-9-5-13-4-8-15(21-2)11-17(13)22-16;1-2-3-4-5-6;1-2/h4,8,11,14,16H,3,5-7,9-10,12H2,1-2H3;3-4H,2,5H2,1H3;1-2H3/b;4-3-;. The van der Waals surface area contributed by atoms with Crippen LogP contribution in [-0.2, 0) is 11.2 Å². The van der Waals surface area contributed by atoms with E-state index in [0.717, 1.165) is 56.6 Å². The van der Waals surface area contributed by atoms with Gasteiger partial charge in [-0.2, -0.15) is 0 Å². The number of rotatable bonds is 8. The third kappa shape index (κ3) is 8.76. The Kier molecular flexibility index (Phi) is 12.9. The van der Waals surface area contributed by atoms with Gasteiger partial charge in [-0.05, 0) is 50.2 Å². The summed E-state index contributed by atoms with van der Waals surface area (Å²) in [5.41, 5.74) is 1.21. The van der Waals surface area contributed by atoms with Crippen LogP contribution < -0.4 is 9.47 Å². The van der Waals surface area contributed by atoms with Crippen LogP contribution in [0.2, 0.25) is 0 Å². The molecule has 1 heterocycles. The lowest BCUT2D eigenvalue weighted by Crippen LogP contribution is -2.37. The van der Waals surface area contributed by atoms with E-state index in [2.05, 4.69) is 17.9 Å². The van der Waals surface area contributed by atoms with Crippen LogP contribution in [0.1, 0.15) is 71.8 Å². The summed E-state index contributed by atoms with van der Waals surface area (Å²) in [6.07, 6.45) is 9.97. The van der Waals surface area contributed by atoms with E-state index in [-0.39, 0.29) is 18.7 Å². The van der Waals surface area contributed by atoms with Gasteiger partial charge >= 0.3 is 0 Å². The van der Waals surface area contributed by atoms with E-state index >= 15 is 0 Å². The van der Waals surface area contributed by atoms with Crippen LogP contribution >= 0.6 is 0 Å². The second-order valence-electron chi connectivity index (χ2n) is 7.31. The first-order valence-corrected chi connectivity index (χ1v) is 11.5. The van der Waals surface area contributed by atoms with Gasteiger partial charge < -0.3 is 14.4 Å². The minimum Gasteiger partial charge on any atom is -0.497 e. The molecule has 1 aromatic carbocycles. The summed E-state index contributed by atoms with van der Waals surface area (Å²) < 4.78 is 22.4. The molecule has 0 aromatic heterocycles. The van der Waals surface area contributed by atoms with Crippen molar-refractivity contribution in [3.8, 4) is 11.5 Å². The molecule has 1 atom stereocenters. The van der Waals surface area contributed by atoms with Crippen LogP contribution in [0.4, 0.5) is 4.39 Å². The fourth-order valence-corrected chi connectivity index (χ4v) is 3.36. The summed E-state index contributed by atoms with van der Waals surface area (Å²) in [4.78, 5) is 14.6. The highest BCUT2D eigenvalue weighted by Gasteiger charge is 2.33. The van der Waals surface area contributed by atoms with Crippen LogP contribution in [-0.4, -0.2) is 43.3 Å². The maximum atomic E-state index is 12.5. The molecular formula is C25H40FNO3. The van der Waals surface area contributed by atoms with Crippen molar-refractivity contribution in [3.63, 3.8) is 0 Å². The van der Waals surface area contributed by atoms with Crippen molar-refractivity contribution in [3.05, 3.63) is 35.9 Å². The first-order valence-electron chi connectivity index (χ1n) is 11.5. The predicted octanol–water partition coefficient (Wildman–Crippen LogP) is 6.13. The number of fused-ring (bicyclic) bond motifs is 1. The lowest BCUT2D eigenvalue weighted by atomic mass is 10.00. The molecule has 0 bridgehead atoms. The molecule has 0 radical (unpaired) electrons.